The molecule has 0 aliphatic carbocycles. The van der Waals surface area contributed by atoms with E-state index in [2.05, 4.69) is 19.2 Å². The van der Waals surface area contributed by atoms with Crippen molar-refractivity contribution in [2.24, 2.45) is 5.92 Å². The molecule has 0 spiro atoms. The smallest absolute Gasteiger partial charge is 0.272 e. The van der Waals surface area contributed by atoms with Crippen LogP contribution in [0.1, 0.15) is 25.8 Å². The molecule has 1 atom stereocenters. The predicted octanol–water partition coefficient (Wildman–Crippen LogP) is 2.91. The Morgan fingerprint density at radius 1 is 1.44 bits per heavy atom. The second-order valence-electron chi connectivity index (χ2n) is 4.85. The van der Waals surface area contributed by atoms with E-state index in [-0.39, 0.29) is 11.7 Å². The average molecular weight is 254 g/mol. The zero-order valence-corrected chi connectivity index (χ0v) is 10.9. The molecule has 5 heteroatoms. The van der Waals surface area contributed by atoms with Crippen LogP contribution in [0.4, 0.5) is 10.1 Å². The van der Waals surface area contributed by atoms with Crippen LogP contribution in [-0.4, -0.2) is 18.0 Å². The zero-order valence-electron chi connectivity index (χ0n) is 10.9. The Kier molecular flexibility index (Phi) is 5.22. The number of halogens is 1. The first-order chi connectivity index (χ1) is 8.43. The Labute approximate surface area is 106 Å². The van der Waals surface area contributed by atoms with E-state index in [1.165, 1.54) is 12.1 Å². The van der Waals surface area contributed by atoms with E-state index in [0.717, 1.165) is 12.5 Å². The SMILES string of the molecule is CNC(Cc1ccc([N+](=O)[O-])cc1F)CC(C)C. The lowest BCUT2D eigenvalue weighted by atomic mass is 9.97. The van der Waals surface area contributed by atoms with E-state index >= 15 is 0 Å². The first-order valence-corrected chi connectivity index (χ1v) is 6.04. The lowest BCUT2D eigenvalue weighted by Crippen LogP contribution is -2.29. The van der Waals surface area contributed by atoms with Crippen LogP contribution in [0, 0.1) is 21.8 Å². The van der Waals surface area contributed by atoms with E-state index in [1.54, 1.807) is 0 Å². The summed E-state index contributed by atoms with van der Waals surface area (Å²) in [6.07, 6.45) is 1.48. The number of hydrogen-bond acceptors (Lipinski definition) is 3. The number of nitro benzene ring substituents is 1. The number of nitrogens with one attached hydrogen (secondary N) is 1. The van der Waals surface area contributed by atoms with Gasteiger partial charge in [0.25, 0.3) is 5.69 Å². The van der Waals surface area contributed by atoms with Crippen LogP contribution in [0.25, 0.3) is 0 Å². The third-order valence-corrected chi connectivity index (χ3v) is 2.88. The van der Waals surface area contributed by atoms with E-state index in [9.17, 15) is 14.5 Å². The highest BCUT2D eigenvalue weighted by Crippen LogP contribution is 2.19. The van der Waals surface area contributed by atoms with Crippen LogP contribution >= 0.6 is 0 Å². The molecule has 0 saturated carbocycles. The largest absolute Gasteiger partial charge is 0.317 e. The summed E-state index contributed by atoms with van der Waals surface area (Å²) in [5.41, 5.74) is 0.307. The highest BCUT2D eigenvalue weighted by atomic mass is 19.1. The summed E-state index contributed by atoms with van der Waals surface area (Å²) in [4.78, 5) is 9.93. The summed E-state index contributed by atoms with van der Waals surface area (Å²) in [5, 5.41) is 13.7. The van der Waals surface area contributed by atoms with Gasteiger partial charge in [-0.15, -0.1) is 0 Å². The zero-order chi connectivity index (χ0) is 13.7. The highest BCUT2D eigenvalue weighted by Gasteiger charge is 2.15. The fourth-order valence-electron chi connectivity index (χ4n) is 1.95. The van der Waals surface area contributed by atoms with Crippen LogP contribution in [0.5, 0.6) is 0 Å². The van der Waals surface area contributed by atoms with Crippen molar-refractivity contribution in [3.05, 3.63) is 39.7 Å². The fourth-order valence-corrected chi connectivity index (χ4v) is 1.95. The average Bonchev–Trinajstić information content (AvgIpc) is 2.29. The van der Waals surface area contributed by atoms with Gasteiger partial charge in [0.1, 0.15) is 5.82 Å². The van der Waals surface area contributed by atoms with Gasteiger partial charge in [-0.2, -0.15) is 0 Å². The summed E-state index contributed by atoms with van der Waals surface area (Å²) in [6, 6.07) is 4.01. The molecule has 0 radical (unpaired) electrons. The number of nitrogens with zero attached hydrogens (tertiary/aromatic N) is 1. The van der Waals surface area contributed by atoms with E-state index in [4.69, 9.17) is 0 Å². The minimum absolute atomic E-state index is 0.181. The van der Waals surface area contributed by atoms with Crippen LogP contribution < -0.4 is 5.32 Å². The Bertz CT molecular complexity index is 421. The molecule has 4 nitrogen and oxygen atoms in total. The van der Waals surface area contributed by atoms with Gasteiger partial charge in [-0.25, -0.2) is 4.39 Å². The van der Waals surface area contributed by atoms with Crippen molar-refractivity contribution in [2.75, 3.05) is 7.05 Å². The number of non-ortho nitro benzene ring substituents is 1. The Balaban J connectivity index is 2.80. The Morgan fingerprint density at radius 2 is 2.11 bits per heavy atom. The molecule has 0 saturated heterocycles. The van der Waals surface area contributed by atoms with E-state index in [0.29, 0.717) is 17.9 Å². The maximum Gasteiger partial charge on any atom is 0.272 e. The standard InChI is InChI=1S/C13H19FN2O2/c1-9(2)6-11(15-3)7-10-4-5-12(16(17)18)8-13(10)14/h4-5,8-9,11,15H,6-7H2,1-3H3. The molecule has 0 fully saturated rings. The molecule has 0 aliphatic heterocycles. The van der Waals surface area contributed by atoms with Crippen molar-refractivity contribution >= 4 is 5.69 Å². The van der Waals surface area contributed by atoms with Gasteiger partial charge >= 0.3 is 0 Å². The van der Waals surface area contributed by atoms with Crippen LogP contribution in [0.15, 0.2) is 18.2 Å². The molecular weight excluding hydrogens is 235 g/mol. The monoisotopic (exact) mass is 254 g/mol. The molecule has 0 amide bonds. The topological polar surface area (TPSA) is 55.2 Å². The van der Waals surface area contributed by atoms with Crippen molar-refractivity contribution in [3.63, 3.8) is 0 Å². The van der Waals surface area contributed by atoms with Crippen LogP contribution in [0.2, 0.25) is 0 Å². The van der Waals surface area contributed by atoms with Crippen molar-refractivity contribution in [1.29, 1.82) is 0 Å². The molecule has 1 aromatic rings. The molecule has 1 N–H and O–H groups in total. The van der Waals surface area contributed by atoms with Gasteiger partial charge in [0.2, 0.25) is 0 Å². The number of rotatable bonds is 6. The van der Waals surface area contributed by atoms with E-state index < -0.39 is 10.7 Å². The molecule has 1 unspecified atom stereocenters. The lowest BCUT2D eigenvalue weighted by Gasteiger charge is -2.18. The van der Waals surface area contributed by atoms with Crippen molar-refractivity contribution in [3.8, 4) is 0 Å². The summed E-state index contributed by atoms with van der Waals surface area (Å²) in [5.74, 6) is 0.0109. The maximum absolute atomic E-state index is 13.7. The fraction of sp³-hybridized carbons (Fsp3) is 0.538. The molecule has 0 bridgehead atoms. The highest BCUT2D eigenvalue weighted by molar-refractivity contribution is 5.34. The first-order valence-electron chi connectivity index (χ1n) is 6.04. The second-order valence-corrected chi connectivity index (χ2v) is 4.85. The minimum atomic E-state index is -0.587. The van der Waals surface area contributed by atoms with E-state index in [1.807, 2.05) is 7.05 Å². The molecule has 100 valence electrons. The molecule has 1 aromatic carbocycles. The van der Waals surface area contributed by atoms with Crippen LogP contribution in [0.3, 0.4) is 0 Å². The van der Waals surface area contributed by atoms with Crippen LogP contribution in [-0.2, 0) is 6.42 Å². The number of benzene rings is 1. The summed E-state index contributed by atoms with van der Waals surface area (Å²) in [7, 11) is 1.84. The molecule has 0 heterocycles. The quantitative estimate of drug-likeness (QED) is 0.627. The molecule has 0 aliphatic rings. The maximum atomic E-state index is 13.7. The van der Waals surface area contributed by atoms with Gasteiger partial charge in [-0.1, -0.05) is 13.8 Å². The normalized spacial score (nSPS) is 12.7. The number of likely N-dealkylation sites (N-methyl/N-ethyl adjacent to an activating group) is 1. The summed E-state index contributed by atoms with van der Waals surface area (Å²) >= 11 is 0. The third-order valence-electron chi connectivity index (χ3n) is 2.88. The van der Waals surface area contributed by atoms with Crippen molar-refractivity contribution in [2.45, 2.75) is 32.7 Å². The Morgan fingerprint density at radius 3 is 2.56 bits per heavy atom. The van der Waals surface area contributed by atoms with Gasteiger partial charge in [-0.05, 0) is 37.4 Å². The number of hydrogen-bond donors (Lipinski definition) is 1. The first kappa shape index (κ1) is 14.6. The van der Waals surface area contributed by atoms with Crippen molar-refractivity contribution < 1.29 is 9.31 Å². The molecular formula is C13H19FN2O2. The minimum Gasteiger partial charge on any atom is -0.317 e. The molecule has 1 rings (SSSR count). The van der Waals surface area contributed by atoms with Gasteiger partial charge in [0.05, 0.1) is 11.0 Å². The third kappa shape index (κ3) is 4.07. The van der Waals surface area contributed by atoms with Gasteiger partial charge < -0.3 is 5.32 Å². The summed E-state index contributed by atoms with van der Waals surface area (Å²) in [6.45, 7) is 4.22. The summed E-state index contributed by atoms with van der Waals surface area (Å²) < 4.78 is 13.7. The molecule has 18 heavy (non-hydrogen) atoms. The van der Waals surface area contributed by atoms with Gasteiger partial charge in [0.15, 0.2) is 0 Å². The predicted molar refractivity (Wildman–Crippen MR) is 69.1 cm³/mol. The second kappa shape index (κ2) is 6.44. The molecule has 0 aromatic heterocycles. The van der Waals surface area contributed by atoms with Gasteiger partial charge in [-0.3, -0.25) is 10.1 Å². The van der Waals surface area contributed by atoms with Gasteiger partial charge in [0, 0.05) is 12.1 Å². The lowest BCUT2D eigenvalue weighted by molar-refractivity contribution is -0.385. The van der Waals surface area contributed by atoms with Crippen molar-refractivity contribution in [1.82, 2.24) is 5.32 Å². The number of nitro groups is 1. The Hall–Kier alpha value is -1.49.